The third-order valence-corrected chi connectivity index (χ3v) is 2.88. The summed E-state index contributed by atoms with van der Waals surface area (Å²) in [6.45, 7) is 2.44. The number of ether oxygens (including phenoxy) is 1. The van der Waals surface area contributed by atoms with Gasteiger partial charge in [-0.05, 0) is 31.5 Å². The standard InChI is InChI=1S/C14H19N3O2/c1-10(4-3-7-15)14(18)17-12-6-5-11(9-16)8-13(12)19-2/h5-6,8,10H,3-4,7,15H2,1-2H3,(H,17,18). The van der Waals surface area contributed by atoms with Crippen molar-refractivity contribution in [3.8, 4) is 11.8 Å². The van der Waals surface area contributed by atoms with Gasteiger partial charge < -0.3 is 15.8 Å². The van der Waals surface area contributed by atoms with Gasteiger partial charge in [-0.15, -0.1) is 0 Å². The van der Waals surface area contributed by atoms with Gasteiger partial charge in [-0.25, -0.2) is 0 Å². The summed E-state index contributed by atoms with van der Waals surface area (Å²) in [5.74, 6) is 0.304. The number of nitriles is 1. The fourth-order valence-electron chi connectivity index (χ4n) is 1.68. The predicted octanol–water partition coefficient (Wildman–Crippen LogP) is 1.88. The number of amides is 1. The van der Waals surface area contributed by atoms with Crippen molar-refractivity contribution < 1.29 is 9.53 Å². The molecule has 1 rings (SSSR count). The van der Waals surface area contributed by atoms with Crippen molar-refractivity contribution in [3.63, 3.8) is 0 Å². The molecule has 0 fully saturated rings. The van der Waals surface area contributed by atoms with E-state index in [0.29, 0.717) is 23.5 Å². The first-order valence-corrected chi connectivity index (χ1v) is 6.21. The zero-order valence-corrected chi connectivity index (χ0v) is 11.3. The first-order valence-electron chi connectivity index (χ1n) is 6.21. The molecule has 1 amide bonds. The van der Waals surface area contributed by atoms with Crippen LogP contribution in [0, 0.1) is 17.2 Å². The van der Waals surface area contributed by atoms with E-state index in [2.05, 4.69) is 5.32 Å². The zero-order chi connectivity index (χ0) is 14.3. The van der Waals surface area contributed by atoms with Crippen LogP contribution in [-0.4, -0.2) is 19.6 Å². The summed E-state index contributed by atoms with van der Waals surface area (Å²) in [6.07, 6.45) is 1.57. The SMILES string of the molecule is COc1cc(C#N)ccc1NC(=O)C(C)CCCN. The Balaban J connectivity index is 2.76. The lowest BCUT2D eigenvalue weighted by Gasteiger charge is -2.14. The molecule has 5 heteroatoms. The maximum absolute atomic E-state index is 12.0. The van der Waals surface area contributed by atoms with Crippen molar-refractivity contribution in [1.82, 2.24) is 0 Å². The third-order valence-electron chi connectivity index (χ3n) is 2.88. The van der Waals surface area contributed by atoms with Crippen LogP contribution in [0.1, 0.15) is 25.3 Å². The number of nitrogens with two attached hydrogens (primary N) is 1. The largest absolute Gasteiger partial charge is 0.495 e. The molecular weight excluding hydrogens is 242 g/mol. The average Bonchev–Trinajstić information content (AvgIpc) is 2.44. The van der Waals surface area contributed by atoms with Crippen LogP contribution in [0.4, 0.5) is 5.69 Å². The number of nitrogens with one attached hydrogen (secondary N) is 1. The maximum atomic E-state index is 12.0. The summed E-state index contributed by atoms with van der Waals surface area (Å²) >= 11 is 0. The minimum absolute atomic E-state index is 0.0727. The molecule has 0 aliphatic carbocycles. The lowest BCUT2D eigenvalue weighted by Crippen LogP contribution is -2.21. The Morgan fingerprint density at radius 1 is 1.58 bits per heavy atom. The van der Waals surface area contributed by atoms with Gasteiger partial charge in [0.2, 0.25) is 5.91 Å². The molecule has 0 saturated carbocycles. The lowest BCUT2D eigenvalue weighted by molar-refractivity contribution is -0.119. The second-order valence-corrected chi connectivity index (χ2v) is 4.35. The number of anilines is 1. The molecule has 0 aliphatic heterocycles. The molecular formula is C14H19N3O2. The predicted molar refractivity (Wildman–Crippen MR) is 73.8 cm³/mol. The second kappa shape index (κ2) is 7.39. The van der Waals surface area contributed by atoms with Crippen molar-refractivity contribution in [2.75, 3.05) is 19.0 Å². The Morgan fingerprint density at radius 3 is 2.89 bits per heavy atom. The number of carbonyl (C=O) groups excluding carboxylic acids is 1. The number of hydrogen-bond acceptors (Lipinski definition) is 4. The average molecular weight is 261 g/mol. The molecule has 1 unspecified atom stereocenters. The highest BCUT2D eigenvalue weighted by atomic mass is 16.5. The Bertz CT molecular complexity index is 480. The van der Waals surface area contributed by atoms with Gasteiger partial charge in [-0.3, -0.25) is 4.79 Å². The summed E-state index contributed by atoms with van der Waals surface area (Å²) in [4.78, 5) is 12.0. The summed E-state index contributed by atoms with van der Waals surface area (Å²) in [6, 6.07) is 6.94. The zero-order valence-electron chi connectivity index (χ0n) is 11.3. The molecule has 0 aromatic heterocycles. The maximum Gasteiger partial charge on any atom is 0.227 e. The molecule has 5 nitrogen and oxygen atoms in total. The number of hydrogen-bond donors (Lipinski definition) is 2. The monoisotopic (exact) mass is 261 g/mol. The van der Waals surface area contributed by atoms with E-state index in [9.17, 15) is 4.79 Å². The van der Waals surface area contributed by atoms with Gasteiger partial charge >= 0.3 is 0 Å². The van der Waals surface area contributed by atoms with Crippen LogP contribution in [0.3, 0.4) is 0 Å². The van der Waals surface area contributed by atoms with Gasteiger partial charge in [0, 0.05) is 12.0 Å². The molecule has 0 saturated heterocycles. The van der Waals surface area contributed by atoms with E-state index in [4.69, 9.17) is 15.7 Å². The normalized spacial score (nSPS) is 11.5. The van der Waals surface area contributed by atoms with Gasteiger partial charge in [-0.2, -0.15) is 5.26 Å². The van der Waals surface area contributed by atoms with Crippen molar-refractivity contribution in [2.45, 2.75) is 19.8 Å². The molecule has 0 radical (unpaired) electrons. The van der Waals surface area contributed by atoms with E-state index >= 15 is 0 Å². The Labute approximate surface area is 113 Å². The van der Waals surface area contributed by atoms with E-state index < -0.39 is 0 Å². The molecule has 3 N–H and O–H groups in total. The second-order valence-electron chi connectivity index (χ2n) is 4.35. The van der Waals surface area contributed by atoms with E-state index in [1.807, 2.05) is 13.0 Å². The van der Waals surface area contributed by atoms with E-state index in [1.165, 1.54) is 7.11 Å². The number of rotatable bonds is 6. The molecule has 0 spiro atoms. The van der Waals surface area contributed by atoms with Crippen molar-refractivity contribution in [3.05, 3.63) is 23.8 Å². The minimum atomic E-state index is -0.108. The topological polar surface area (TPSA) is 88.1 Å². The molecule has 1 aromatic rings. The van der Waals surface area contributed by atoms with Crippen LogP contribution >= 0.6 is 0 Å². The van der Waals surface area contributed by atoms with E-state index in [1.54, 1.807) is 18.2 Å². The molecule has 19 heavy (non-hydrogen) atoms. The van der Waals surface area contributed by atoms with Crippen LogP contribution < -0.4 is 15.8 Å². The third kappa shape index (κ3) is 4.27. The Hall–Kier alpha value is -2.06. The summed E-state index contributed by atoms with van der Waals surface area (Å²) < 4.78 is 5.16. The molecule has 1 atom stereocenters. The Kier molecular flexibility index (Phi) is 5.83. The van der Waals surface area contributed by atoms with Crippen LogP contribution in [-0.2, 0) is 4.79 Å². The number of benzene rings is 1. The highest BCUT2D eigenvalue weighted by Gasteiger charge is 2.14. The summed E-state index contributed by atoms with van der Waals surface area (Å²) in [7, 11) is 1.50. The molecule has 1 aromatic carbocycles. The highest BCUT2D eigenvalue weighted by molar-refractivity contribution is 5.93. The summed E-state index contributed by atoms with van der Waals surface area (Å²) in [5, 5.41) is 11.6. The highest BCUT2D eigenvalue weighted by Crippen LogP contribution is 2.26. The quantitative estimate of drug-likeness (QED) is 0.818. The van der Waals surface area contributed by atoms with Gasteiger partial charge in [0.1, 0.15) is 5.75 Å². The van der Waals surface area contributed by atoms with Crippen LogP contribution in [0.15, 0.2) is 18.2 Å². The van der Waals surface area contributed by atoms with Crippen LogP contribution in [0.5, 0.6) is 5.75 Å². The van der Waals surface area contributed by atoms with E-state index in [0.717, 1.165) is 12.8 Å². The summed E-state index contributed by atoms with van der Waals surface area (Å²) in [5.41, 5.74) is 6.49. The minimum Gasteiger partial charge on any atom is -0.495 e. The fraction of sp³-hybridized carbons (Fsp3) is 0.429. The lowest BCUT2D eigenvalue weighted by atomic mass is 10.0. The first kappa shape index (κ1) is 15.0. The van der Waals surface area contributed by atoms with Crippen LogP contribution in [0.2, 0.25) is 0 Å². The molecule has 0 heterocycles. The van der Waals surface area contributed by atoms with Gasteiger partial charge in [-0.1, -0.05) is 6.92 Å². The smallest absolute Gasteiger partial charge is 0.227 e. The van der Waals surface area contributed by atoms with Crippen LogP contribution in [0.25, 0.3) is 0 Å². The number of methoxy groups -OCH3 is 1. The van der Waals surface area contributed by atoms with Crippen molar-refractivity contribution in [1.29, 1.82) is 5.26 Å². The van der Waals surface area contributed by atoms with Gasteiger partial charge in [0.15, 0.2) is 0 Å². The molecule has 0 bridgehead atoms. The van der Waals surface area contributed by atoms with Crippen molar-refractivity contribution in [2.24, 2.45) is 11.7 Å². The van der Waals surface area contributed by atoms with Crippen molar-refractivity contribution >= 4 is 11.6 Å². The molecule has 0 aliphatic rings. The van der Waals surface area contributed by atoms with Gasteiger partial charge in [0.25, 0.3) is 0 Å². The Morgan fingerprint density at radius 2 is 2.32 bits per heavy atom. The van der Waals surface area contributed by atoms with Gasteiger partial charge in [0.05, 0.1) is 24.4 Å². The fourth-order valence-corrected chi connectivity index (χ4v) is 1.68. The number of carbonyl (C=O) groups is 1. The first-order chi connectivity index (χ1) is 9.12. The van der Waals surface area contributed by atoms with E-state index in [-0.39, 0.29) is 11.8 Å². The number of nitrogens with zero attached hydrogens (tertiary/aromatic N) is 1. The molecule has 102 valence electrons.